The number of hydrazine groups is 1. The van der Waals surface area contributed by atoms with E-state index in [0.717, 1.165) is 29.1 Å². The van der Waals surface area contributed by atoms with Gasteiger partial charge in [0, 0.05) is 18.0 Å². The highest BCUT2D eigenvalue weighted by Gasteiger charge is 2.16. The van der Waals surface area contributed by atoms with E-state index in [0.29, 0.717) is 11.9 Å². The molecule has 0 radical (unpaired) electrons. The summed E-state index contributed by atoms with van der Waals surface area (Å²) >= 11 is 1.67. The summed E-state index contributed by atoms with van der Waals surface area (Å²) in [6, 6.07) is 2.15. The van der Waals surface area contributed by atoms with Gasteiger partial charge in [-0.3, -0.25) is 5.43 Å². The lowest BCUT2D eigenvalue weighted by Gasteiger charge is -2.24. The number of fused-ring (bicyclic) bond motifs is 1. The number of rotatable bonds is 5. The van der Waals surface area contributed by atoms with Gasteiger partial charge in [0.05, 0.1) is 5.39 Å². The molecule has 0 amide bonds. The zero-order chi connectivity index (χ0) is 14.0. The summed E-state index contributed by atoms with van der Waals surface area (Å²) in [6.45, 7) is 10.5. The van der Waals surface area contributed by atoms with E-state index in [1.54, 1.807) is 11.3 Å². The molecule has 104 valence electrons. The summed E-state index contributed by atoms with van der Waals surface area (Å²) in [4.78, 5) is 13.5. The first-order valence-electron chi connectivity index (χ1n) is 6.54. The molecular weight excluding hydrogens is 258 g/mol. The van der Waals surface area contributed by atoms with Crippen LogP contribution in [-0.4, -0.2) is 23.1 Å². The van der Waals surface area contributed by atoms with Crippen molar-refractivity contribution in [2.75, 3.05) is 23.4 Å². The first kappa shape index (κ1) is 14.0. The molecule has 5 nitrogen and oxygen atoms in total. The average molecular weight is 279 g/mol. The van der Waals surface area contributed by atoms with Crippen LogP contribution in [0.2, 0.25) is 0 Å². The Morgan fingerprint density at radius 1 is 1.42 bits per heavy atom. The number of aromatic nitrogens is 2. The number of thiophene rings is 1. The van der Waals surface area contributed by atoms with Crippen LogP contribution in [0.3, 0.4) is 0 Å². The molecule has 0 fully saturated rings. The summed E-state index contributed by atoms with van der Waals surface area (Å²) in [7, 11) is 0. The van der Waals surface area contributed by atoms with Gasteiger partial charge in [0.15, 0.2) is 0 Å². The molecule has 0 aliphatic rings. The van der Waals surface area contributed by atoms with Crippen molar-refractivity contribution in [2.45, 2.75) is 27.7 Å². The molecule has 2 aromatic heterocycles. The molecule has 0 bridgehead atoms. The van der Waals surface area contributed by atoms with Gasteiger partial charge in [-0.2, -0.15) is 4.98 Å². The molecule has 0 spiro atoms. The molecule has 0 unspecified atom stereocenters. The van der Waals surface area contributed by atoms with Crippen molar-refractivity contribution in [2.24, 2.45) is 11.8 Å². The smallest absolute Gasteiger partial charge is 0.240 e. The lowest BCUT2D eigenvalue weighted by molar-refractivity contribution is 0.616. The van der Waals surface area contributed by atoms with Crippen LogP contribution >= 0.6 is 11.3 Å². The zero-order valence-electron chi connectivity index (χ0n) is 11.9. The van der Waals surface area contributed by atoms with Gasteiger partial charge in [-0.25, -0.2) is 10.8 Å². The topological polar surface area (TPSA) is 67.1 Å². The molecule has 0 saturated heterocycles. The van der Waals surface area contributed by atoms with Crippen LogP contribution in [-0.2, 0) is 0 Å². The van der Waals surface area contributed by atoms with Crippen LogP contribution < -0.4 is 16.2 Å². The monoisotopic (exact) mass is 279 g/mol. The summed E-state index contributed by atoms with van der Waals surface area (Å²) in [5.74, 6) is 7.50. The molecule has 3 N–H and O–H groups in total. The highest BCUT2D eigenvalue weighted by molar-refractivity contribution is 7.18. The van der Waals surface area contributed by atoms with Crippen LogP contribution in [0.25, 0.3) is 10.2 Å². The van der Waals surface area contributed by atoms with Gasteiger partial charge in [-0.05, 0) is 25.8 Å². The van der Waals surface area contributed by atoms with Crippen molar-refractivity contribution in [1.82, 2.24) is 9.97 Å². The number of nitrogens with zero attached hydrogens (tertiary/aromatic N) is 3. The van der Waals surface area contributed by atoms with Gasteiger partial charge < -0.3 is 4.90 Å². The Balaban J connectivity index is 2.55. The van der Waals surface area contributed by atoms with Crippen LogP contribution in [0.1, 0.15) is 25.6 Å². The molecular formula is C13H21N5S. The van der Waals surface area contributed by atoms with Crippen molar-refractivity contribution in [3.05, 3.63) is 10.9 Å². The quantitative estimate of drug-likeness (QED) is 0.650. The third kappa shape index (κ3) is 2.96. The summed E-state index contributed by atoms with van der Waals surface area (Å²) < 4.78 is 0. The van der Waals surface area contributed by atoms with Crippen molar-refractivity contribution in [3.8, 4) is 0 Å². The van der Waals surface area contributed by atoms with E-state index < -0.39 is 0 Å². The predicted octanol–water partition coefficient (Wildman–Crippen LogP) is 2.77. The van der Waals surface area contributed by atoms with Crippen molar-refractivity contribution >= 4 is 33.3 Å². The first-order chi connectivity index (χ1) is 9.05. The minimum absolute atomic E-state index is 0.478. The highest BCUT2D eigenvalue weighted by atomic mass is 32.1. The summed E-state index contributed by atoms with van der Waals surface area (Å²) in [6.07, 6.45) is 0. The van der Waals surface area contributed by atoms with E-state index in [1.165, 1.54) is 4.88 Å². The zero-order valence-corrected chi connectivity index (χ0v) is 12.7. The minimum atomic E-state index is 0.478. The number of nitrogens with one attached hydrogen (secondary N) is 1. The number of hydrogen-bond acceptors (Lipinski definition) is 6. The van der Waals surface area contributed by atoms with E-state index in [-0.39, 0.29) is 0 Å². The van der Waals surface area contributed by atoms with E-state index in [2.05, 4.69) is 54.1 Å². The number of aryl methyl sites for hydroxylation is 1. The maximum absolute atomic E-state index is 5.47. The van der Waals surface area contributed by atoms with E-state index in [4.69, 9.17) is 5.84 Å². The molecule has 19 heavy (non-hydrogen) atoms. The molecule has 0 atom stereocenters. The maximum Gasteiger partial charge on any atom is 0.240 e. The Morgan fingerprint density at radius 3 is 2.74 bits per heavy atom. The maximum atomic E-state index is 5.47. The second-order valence-electron chi connectivity index (χ2n) is 5.02. The number of nitrogen functional groups attached to an aromatic ring is 1. The summed E-state index contributed by atoms with van der Waals surface area (Å²) in [5.41, 5.74) is 2.56. The SMILES string of the molecule is CCN(CC(C)C)c1nc(NN)nc2sc(C)cc12. The van der Waals surface area contributed by atoms with Gasteiger partial charge in [0.25, 0.3) is 0 Å². The molecule has 0 aromatic carbocycles. The molecule has 2 aromatic rings. The number of nitrogens with two attached hydrogens (primary N) is 1. The van der Waals surface area contributed by atoms with Crippen molar-refractivity contribution < 1.29 is 0 Å². The Bertz CT molecular complexity index is 563. The minimum Gasteiger partial charge on any atom is -0.356 e. The van der Waals surface area contributed by atoms with Crippen molar-refractivity contribution in [1.29, 1.82) is 0 Å². The molecule has 0 aliphatic carbocycles. The first-order valence-corrected chi connectivity index (χ1v) is 7.36. The number of hydrogen-bond donors (Lipinski definition) is 2. The molecule has 0 aliphatic heterocycles. The molecule has 2 heterocycles. The fourth-order valence-corrected chi connectivity index (χ4v) is 3.01. The second kappa shape index (κ2) is 5.71. The molecule has 2 rings (SSSR count). The molecule has 6 heteroatoms. The average Bonchev–Trinajstić information content (AvgIpc) is 2.74. The predicted molar refractivity (Wildman–Crippen MR) is 82.7 cm³/mol. The lowest BCUT2D eigenvalue weighted by atomic mass is 10.2. The Morgan fingerprint density at radius 2 is 2.16 bits per heavy atom. The normalized spacial score (nSPS) is 11.3. The summed E-state index contributed by atoms with van der Waals surface area (Å²) in [5, 5.41) is 1.11. The highest BCUT2D eigenvalue weighted by Crippen LogP contribution is 2.31. The second-order valence-corrected chi connectivity index (χ2v) is 6.26. The lowest BCUT2D eigenvalue weighted by Crippen LogP contribution is -2.28. The van der Waals surface area contributed by atoms with Crippen LogP contribution in [0, 0.1) is 12.8 Å². The Hall–Kier alpha value is -1.40. The van der Waals surface area contributed by atoms with Crippen molar-refractivity contribution in [3.63, 3.8) is 0 Å². The van der Waals surface area contributed by atoms with E-state index >= 15 is 0 Å². The van der Waals surface area contributed by atoms with Crippen LogP contribution in [0.5, 0.6) is 0 Å². The van der Waals surface area contributed by atoms with Crippen LogP contribution in [0.15, 0.2) is 6.07 Å². The number of anilines is 2. The van der Waals surface area contributed by atoms with Gasteiger partial charge >= 0.3 is 0 Å². The van der Waals surface area contributed by atoms with Gasteiger partial charge in [-0.1, -0.05) is 13.8 Å². The largest absolute Gasteiger partial charge is 0.356 e. The Kier molecular flexibility index (Phi) is 4.21. The third-order valence-electron chi connectivity index (χ3n) is 2.89. The van der Waals surface area contributed by atoms with E-state index in [9.17, 15) is 0 Å². The standard InChI is InChI=1S/C13H21N5S/c1-5-18(7-8(2)3)11-10-6-9(4)19-12(10)16-13(15-11)17-14/h6,8H,5,7,14H2,1-4H3,(H,15,16,17). The van der Waals surface area contributed by atoms with Crippen LogP contribution in [0.4, 0.5) is 11.8 Å². The fourth-order valence-electron chi connectivity index (χ4n) is 2.14. The van der Waals surface area contributed by atoms with Gasteiger partial charge in [-0.15, -0.1) is 11.3 Å². The molecule has 0 saturated carbocycles. The van der Waals surface area contributed by atoms with E-state index in [1.807, 2.05) is 0 Å². The van der Waals surface area contributed by atoms with Gasteiger partial charge in [0.1, 0.15) is 10.6 Å². The fraction of sp³-hybridized carbons (Fsp3) is 0.538. The van der Waals surface area contributed by atoms with Gasteiger partial charge in [0.2, 0.25) is 5.95 Å². The Labute approximate surface area is 117 Å². The third-order valence-corrected chi connectivity index (χ3v) is 3.84.